The van der Waals surface area contributed by atoms with E-state index in [1.165, 1.54) is 12.1 Å². The van der Waals surface area contributed by atoms with Gasteiger partial charge in [0.05, 0.1) is 18.1 Å². The van der Waals surface area contributed by atoms with Crippen molar-refractivity contribution in [3.8, 4) is 11.3 Å². The van der Waals surface area contributed by atoms with Crippen LogP contribution in [0.25, 0.3) is 11.3 Å². The lowest BCUT2D eigenvalue weighted by Gasteiger charge is -2.01. The Kier molecular flexibility index (Phi) is 4.10. The molecule has 0 amide bonds. The summed E-state index contributed by atoms with van der Waals surface area (Å²) in [7, 11) is 0. The van der Waals surface area contributed by atoms with Crippen LogP contribution in [0.3, 0.4) is 0 Å². The molecule has 1 aromatic heterocycles. The second-order valence-electron chi connectivity index (χ2n) is 4.45. The van der Waals surface area contributed by atoms with E-state index < -0.39 is 0 Å². The number of hydrogen-bond donors (Lipinski definition) is 1. The Hall–Kier alpha value is -3.15. The van der Waals surface area contributed by atoms with Crippen LogP contribution < -0.4 is 5.43 Å². The minimum absolute atomic E-state index is 0.284. The molecule has 5 nitrogen and oxygen atoms in total. The molecule has 0 aliphatic heterocycles. The minimum atomic E-state index is -0.284. The Morgan fingerprint density at radius 3 is 2.55 bits per heavy atom. The molecule has 0 fully saturated rings. The minimum Gasteiger partial charge on any atom is -0.244 e. The molecule has 0 saturated carbocycles. The van der Waals surface area contributed by atoms with Crippen LogP contribution >= 0.6 is 0 Å². The third-order valence-electron chi connectivity index (χ3n) is 2.88. The van der Waals surface area contributed by atoms with Crippen LogP contribution in [0.2, 0.25) is 0 Å². The smallest absolute Gasteiger partial charge is 0.244 e. The van der Waals surface area contributed by atoms with Gasteiger partial charge in [-0.2, -0.15) is 10.2 Å². The van der Waals surface area contributed by atoms with E-state index in [-0.39, 0.29) is 5.82 Å². The van der Waals surface area contributed by atoms with Crippen LogP contribution in [0.4, 0.5) is 10.3 Å². The van der Waals surface area contributed by atoms with Gasteiger partial charge in [-0.25, -0.2) is 14.8 Å². The Bertz CT molecular complexity index is 772. The molecule has 0 aliphatic carbocycles. The standard InChI is InChI=1S/C16H12FN5/c17-14-8-6-12(7-9-14)10-18-21-16-20-15(11-19-22-16)13-4-2-1-3-5-13/h1-11H,(H,20,21,22). The van der Waals surface area contributed by atoms with E-state index in [1.807, 2.05) is 30.3 Å². The lowest BCUT2D eigenvalue weighted by atomic mass is 10.2. The molecule has 22 heavy (non-hydrogen) atoms. The van der Waals surface area contributed by atoms with Gasteiger partial charge in [0.15, 0.2) is 0 Å². The van der Waals surface area contributed by atoms with E-state index in [0.29, 0.717) is 11.6 Å². The molecule has 0 radical (unpaired) electrons. The molecule has 0 aliphatic rings. The number of nitrogens with zero attached hydrogens (tertiary/aromatic N) is 4. The molecule has 0 spiro atoms. The highest BCUT2D eigenvalue weighted by molar-refractivity contribution is 5.79. The first kappa shape index (κ1) is 13.8. The van der Waals surface area contributed by atoms with Gasteiger partial charge in [-0.05, 0) is 17.7 Å². The van der Waals surface area contributed by atoms with Crippen molar-refractivity contribution in [2.24, 2.45) is 5.10 Å². The van der Waals surface area contributed by atoms with Gasteiger partial charge in [-0.1, -0.05) is 42.5 Å². The fourth-order valence-corrected chi connectivity index (χ4v) is 1.81. The molecular weight excluding hydrogens is 281 g/mol. The monoisotopic (exact) mass is 293 g/mol. The highest BCUT2D eigenvalue weighted by Gasteiger charge is 2.01. The molecule has 0 saturated heterocycles. The number of benzene rings is 2. The van der Waals surface area contributed by atoms with Crippen LogP contribution in [0, 0.1) is 5.82 Å². The van der Waals surface area contributed by atoms with Crippen molar-refractivity contribution >= 4 is 12.2 Å². The van der Waals surface area contributed by atoms with Crippen molar-refractivity contribution < 1.29 is 4.39 Å². The fraction of sp³-hybridized carbons (Fsp3) is 0. The predicted octanol–water partition coefficient (Wildman–Crippen LogP) is 3.12. The SMILES string of the molecule is Fc1ccc(C=NNc2nncc(-c3ccccc3)n2)cc1. The van der Waals surface area contributed by atoms with Gasteiger partial charge >= 0.3 is 0 Å². The topological polar surface area (TPSA) is 63.1 Å². The van der Waals surface area contributed by atoms with Gasteiger partial charge in [-0.3, -0.25) is 0 Å². The average Bonchev–Trinajstić information content (AvgIpc) is 2.58. The molecular formula is C16H12FN5. The summed E-state index contributed by atoms with van der Waals surface area (Å²) in [5, 5.41) is 11.8. The number of nitrogens with one attached hydrogen (secondary N) is 1. The summed E-state index contributed by atoms with van der Waals surface area (Å²) in [5.74, 6) is 0.00733. The largest absolute Gasteiger partial charge is 0.263 e. The first-order valence-corrected chi connectivity index (χ1v) is 6.61. The van der Waals surface area contributed by atoms with Gasteiger partial charge in [0.1, 0.15) is 5.82 Å². The van der Waals surface area contributed by atoms with E-state index in [2.05, 4.69) is 25.7 Å². The molecule has 6 heteroatoms. The fourth-order valence-electron chi connectivity index (χ4n) is 1.81. The summed E-state index contributed by atoms with van der Waals surface area (Å²) in [6, 6.07) is 15.7. The van der Waals surface area contributed by atoms with E-state index in [4.69, 9.17) is 0 Å². The summed E-state index contributed by atoms with van der Waals surface area (Å²) >= 11 is 0. The Labute approximate surface area is 126 Å². The summed E-state index contributed by atoms with van der Waals surface area (Å²) in [6.07, 6.45) is 3.14. The molecule has 1 N–H and O–H groups in total. The van der Waals surface area contributed by atoms with E-state index in [1.54, 1.807) is 24.5 Å². The lowest BCUT2D eigenvalue weighted by Crippen LogP contribution is -1.99. The maximum absolute atomic E-state index is 12.8. The van der Waals surface area contributed by atoms with Crippen molar-refractivity contribution in [3.63, 3.8) is 0 Å². The normalized spacial score (nSPS) is 10.8. The maximum Gasteiger partial charge on any atom is 0.263 e. The molecule has 3 aromatic rings. The van der Waals surface area contributed by atoms with Gasteiger partial charge in [-0.15, -0.1) is 5.10 Å². The zero-order chi connectivity index (χ0) is 15.2. The van der Waals surface area contributed by atoms with E-state index >= 15 is 0 Å². The Morgan fingerprint density at radius 2 is 1.77 bits per heavy atom. The van der Waals surface area contributed by atoms with Gasteiger partial charge < -0.3 is 0 Å². The molecule has 3 rings (SSSR count). The summed E-state index contributed by atoms with van der Waals surface area (Å²) < 4.78 is 12.8. The summed E-state index contributed by atoms with van der Waals surface area (Å²) in [4.78, 5) is 4.33. The summed E-state index contributed by atoms with van der Waals surface area (Å²) in [6.45, 7) is 0. The number of rotatable bonds is 4. The van der Waals surface area contributed by atoms with E-state index in [9.17, 15) is 4.39 Å². The molecule has 108 valence electrons. The second kappa shape index (κ2) is 6.53. The van der Waals surface area contributed by atoms with Gasteiger partial charge in [0, 0.05) is 5.56 Å². The highest BCUT2D eigenvalue weighted by Crippen LogP contribution is 2.15. The first-order chi connectivity index (χ1) is 10.8. The predicted molar refractivity (Wildman–Crippen MR) is 82.9 cm³/mol. The van der Waals surface area contributed by atoms with Gasteiger partial charge in [0.25, 0.3) is 5.95 Å². The number of hydrogen-bond acceptors (Lipinski definition) is 5. The van der Waals surface area contributed by atoms with Crippen LogP contribution in [0.15, 0.2) is 65.9 Å². The van der Waals surface area contributed by atoms with Crippen LogP contribution in [0.1, 0.15) is 5.56 Å². The maximum atomic E-state index is 12.8. The van der Waals surface area contributed by atoms with Crippen molar-refractivity contribution in [2.45, 2.75) is 0 Å². The van der Waals surface area contributed by atoms with Crippen molar-refractivity contribution in [3.05, 3.63) is 72.2 Å². The zero-order valence-electron chi connectivity index (χ0n) is 11.5. The molecule has 0 bridgehead atoms. The van der Waals surface area contributed by atoms with Crippen LogP contribution in [0.5, 0.6) is 0 Å². The molecule has 0 atom stereocenters. The Morgan fingerprint density at radius 1 is 1.00 bits per heavy atom. The number of aromatic nitrogens is 3. The average molecular weight is 293 g/mol. The van der Waals surface area contributed by atoms with Crippen molar-refractivity contribution in [2.75, 3.05) is 5.43 Å². The molecule has 0 unspecified atom stereocenters. The summed E-state index contributed by atoms with van der Waals surface area (Å²) in [5.41, 5.74) is 5.12. The van der Waals surface area contributed by atoms with E-state index in [0.717, 1.165) is 11.1 Å². The van der Waals surface area contributed by atoms with Crippen molar-refractivity contribution in [1.29, 1.82) is 0 Å². The quantitative estimate of drug-likeness (QED) is 0.593. The van der Waals surface area contributed by atoms with Crippen molar-refractivity contribution in [1.82, 2.24) is 15.2 Å². The third kappa shape index (κ3) is 3.49. The number of halogens is 1. The molecule has 1 heterocycles. The highest BCUT2D eigenvalue weighted by atomic mass is 19.1. The third-order valence-corrected chi connectivity index (χ3v) is 2.88. The second-order valence-corrected chi connectivity index (χ2v) is 4.45. The lowest BCUT2D eigenvalue weighted by molar-refractivity contribution is 0.628. The zero-order valence-corrected chi connectivity index (χ0v) is 11.5. The molecule has 2 aromatic carbocycles. The number of anilines is 1. The first-order valence-electron chi connectivity index (χ1n) is 6.61. The Balaban J connectivity index is 1.72. The van der Waals surface area contributed by atoms with Gasteiger partial charge in [0.2, 0.25) is 0 Å². The number of hydrazone groups is 1. The van der Waals surface area contributed by atoms with Crippen LogP contribution in [-0.4, -0.2) is 21.4 Å². The van der Waals surface area contributed by atoms with Crippen LogP contribution in [-0.2, 0) is 0 Å².